The molecule has 0 spiro atoms. The molecule has 0 bridgehead atoms. The summed E-state index contributed by atoms with van der Waals surface area (Å²) in [7, 11) is 0. The van der Waals surface area contributed by atoms with Crippen LogP contribution in [0.15, 0.2) is 72.8 Å². The second kappa shape index (κ2) is 10.7. The molecule has 0 aliphatic carbocycles. The van der Waals surface area contributed by atoms with Crippen molar-refractivity contribution < 1.29 is 14.9 Å². The topological polar surface area (TPSA) is 64.3 Å². The quantitative estimate of drug-likeness (QED) is 0.388. The molecule has 0 amide bonds. The molecule has 0 saturated carbocycles. The molecule has 194 valence electrons. The third-order valence-corrected chi connectivity index (χ3v) is 7.73. The molecule has 1 aromatic heterocycles. The first-order valence-corrected chi connectivity index (χ1v) is 13.4. The molecule has 1 fully saturated rings. The van der Waals surface area contributed by atoms with E-state index in [0.717, 1.165) is 44.2 Å². The minimum absolute atomic E-state index is 0.418. The number of nitrogens with zero attached hydrogens (tertiary/aromatic N) is 4. The highest BCUT2D eigenvalue weighted by atomic mass is 16.5. The summed E-state index contributed by atoms with van der Waals surface area (Å²) < 4.78 is 8.00. The number of ether oxygens (including phenoxy) is 1. The Kier molecular flexibility index (Phi) is 7.02. The van der Waals surface area contributed by atoms with Gasteiger partial charge in [0, 0.05) is 67.6 Å². The Morgan fingerprint density at radius 1 is 0.622 bits per heavy atom. The van der Waals surface area contributed by atoms with Crippen LogP contribution in [0.4, 0.5) is 5.69 Å². The molecular formula is C30H36N4O3. The lowest BCUT2D eigenvalue weighted by atomic mass is 10.2. The fourth-order valence-corrected chi connectivity index (χ4v) is 5.95. The molecule has 7 nitrogen and oxygen atoms in total. The van der Waals surface area contributed by atoms with Gasteiger partial charge in [-0.3, -0.25) is 9.80 Å². The Bertz CT molecular complexity index is 1290. The van der Waals surface area contributed by atoms with Crippen LogP contribution in [0.25, 0.3) is 21.8 Å². The second-order valence-electron chi connectivity index (χ2n) is 10.3. The zero-order valence-corrected chi connectivity index (χ0v) is 21.2. The fraction of sp³-hybridized carbons (Fsp3) is 0.400. The van der Waals surface area contributed by atoms with Crippen LogP contribution < -0.4 is 9.64 Å². The maximum absolute atomic E-state index is 11.0. The summed E-state index contributed by atoms with van der Waals surface area (Å²) in [5.74, 6) is 0.897. The van der Waals surface area contributed by atoms with Crippen LogP contribution in [0.5, 0.6) is 5.75 Å². The summed E-state index contributed by atoms with van der Waals surface area (Å²) in [5.41, 5.74) is 3.41. The van der Waals surface area contributed by atoms with Crippen LogP contribution in [0, 0.1) is 0 Å². The van der Waals surface area contributed by atoms with Crippen molar-refractivity contribution in [2.24, 2.45) is 0 Å². The molecule has 0 radical (unpaired) electrons. The second-order valence-corrected chi connectivity index (χ2v) is 10.3. The Labute approximate surface area is 218 Å². The summed E-state index contributed by atoms with van der Waals surface area (Å²) in [4.78, 5) is 6.91. The summed E-state index contributed by atoms with van der Waals surface area (Å²) in [6, 6.07) is 24.9. The first kappa shape index (κ1) is 24.2. The van der Waals surface area contributed by atoms with Crippen LogP contribution in [-0.2, 0) is 6.54 Å². The van der Waals surface area contributed by atoms with Gasteiger partial charge in [-0.1, -0.05) is 48.5 Å². The highest BCUT2D eigenvalue weighted by molar-refractivity contribution is 6.07. The van der Waals surface area contributed by atoms with Gasteiger partial charge in [-0.25, -0.2) is 0 Å². The molecule has 37 heavy (non-hydrogen) atoms. The number of β-amino-alcohol motifs (C(OH)–C–C–N with tert-alkyl or cyclic N) is 2. The van der Waals surface area contributed by atoms with Crippen LogP contribution in [0.1, 0.15) is 0 Å². The van der Waals surface area contributed by atoms with E-state index in [0.29, 0.717) is 32.8 Å². The minimum Gasteiger partial charge on any atom is -0.490 e. The fourth-order valence-electron chi connectivity index (χ4n) is 5.95. The number of anilines is 1. The molecule has 2 N–H and O–H groups in total. The smallest absolute Gasteiger partial charge is 0.142 e. The Balaban J connectivity index is 1.01. The summed E-state index contributed by atoms with van der Waals surface area (Å²) >= 11 is 0. The van der Waals surface area contributed by atoms with Crippen molar-refractivity contribution in [3.05, 3.63) is 72.8 Å². The van der Waals surface area contributed by atoms with E-state index in [1.54, 1.807) is 0 Å². The van der Waals surface area contributed by atoms with Gasteiger partial charge in [0.1, 0.15) is 12.4 Å². The van der Waals surface area contributed by atoms with Gasteiger partial charge < -0.3 is 24.4 Å². The molecule has 6 rings (SSSR count). The molecular weight excluding hydrogens is 464 g/mol. The predicted octanol–water partition coefficient (Wildman–Crippen LogP) is 3.03. The van der Waals surface area contributed by atoms with E-state index in [2.05, 4.69) is 73.9 Å². The largest absolute Gasteiger partial charge is 0.490 e. The first-order chi connectivity index (χ1) is 18.2. The molecule has 2 aliphatic heterocycles. The van der Waals surface area contributed by atoms with E-state index in [-0.39, 0.29) is 0 Å². The van der Waals surface area contributed by atoms with Crippen molar-refractivity contribution in [2.45, 2.75) is 18.8 Å². The molecule has 4 aromatic rings. The molecule has 3 aromatic carbocycles. The number of fused-ring (bicyclic) bond motifs is 4. The van der Waals surface area contributed by atoms with E-state index < -0.39 is 12.2 Å². The van der Waals surface area contributed by atoms with Gasteiger partial charge >= 0.3 is 0 Å². The average molecular weight is 501 g/mol. The molecule has 2 unspecified atom stereocenters. The molecule has 1 saturated heterocycles. The van der Waals surface area contributed by atoms with E-state index in [4.69, 9.17) is 4.74 Å². The zero-order valence-electron chi connectivity index (χ0n) is 21.2. The minimum atomic E-state index is -0.447. The lowest BCUT2D eigenvalue weighted by Crippen LogP contribution is -2.52. The summed E-state index contributed by atoms with van der Waals surface area (Å²) in [6.45, 7) is 7.56. The van der Waals surface area contributed by atoms with Crippen LogP contribution in [0.2, 0.25) is 0 Å². The number of para-hydroxylation sites is 4. The summed E-state index contributed by atoms with van der Waals surface area (Å²) in [6.07, 6.45) is -0.864. The van der Waals surface area contributed by atoms with E-state index in [1.807, 2.05) is 18.2 Å². The van der Waals surface area contributed by atoms with Gasteiger partial charge in [-0.2, -0.15) is 0 Å². The van der Waals surface area contributed by atoms with Gasteiger partial charge in [0.2, 0.25) is 0 Å². The maximum atomic E-state index is 11.0. The highest BCUT2D eigenvalue weighted by Gasteiger charge is 2.24. The number of rotatable bonds is 8. The third kappa shape index (κ3) is 5.18. The van der Waals surface area contributed by atoms with E-state index in [9.17, 15) is 10.2 Å². The number of aliphatic hydroxyl groups is 2. The number of piperazine rings is 1. The van der Waals surface area contributed by atoms with Crippen LogP contribution in [-0.4, -0.2) is 95.8 Å². The van der Waals surface area contributed by atoms with Crippen molar-refractivity contribution >= 4 is 27.5 Å². The zero-order chi connectivity index (χ0) is 25.2. The average Bonchev–Trinajstić information content (AvgIpc) is 3.23. The van der Waals surface area contributed by atoms with Crippen molar-refractivity contribution in [1.82, 2.24) is 14.4 Å². The highest BCUT2D eigenvalue weighted by Crippen LogP contribution is 2.31. The number of aromatic nitrogens is 1. The van der Waals surface area contributed by atoms with Gasteiger partial charge in [0.25, 0.3) is 0 Å². The molecule has 2 atom stereocenters. The number of hydrogen-bond acceptors (Lipinski definition) is 6. The molecule has 7 heteroatoms. The molecule has 3 heterocycles. The van der Waals surface area contributed by atoms with Gasteiger partial charge in [-0.15, -0.1) is 0 Å². The monoisotopic (exact) mass is 500 g/mol. The maximum Gasteiger partial charge on any atom is 0.142 e. The van der Waals surface area contributed by atoms with Crippen LogP contribution >= 0.6 is 0 Å². The Morgan fingerprint density at radius 3 is 1.81 bits per heavy atom. The standard InChI is InChI=1S/C30H36N4O3/c35-23(21-33-17-18-37-30-12-6-5-11-29(30)33)19-31-13-15-32(16-14-31)20-24(36)22-34-27-9-3-1-7-25(27)26-8-2-4-10-28(26)34/h1-12,23-24,35-36H,13-22H2. The van der Waals surface area contributed by atoms with Crippen molar-refractivity contribution in [2.75, 3.05) is 63.9 Å². The van der Waals surface area contributed by atoms with E-state index >= 15 is 0 Å². The van der Waals surface area contributed by atoms with Gasteiger partial charge in [-0.05, 0) is 24.3 Å². The SMILES string of the molecule is OC(CN1CCN(CC(O)Cn2c3ccccc3c3ccccc32)CC1)CN1CCOc2ccccc21. The van der Waals surface area contributed by atoms with E-state index in [1.165, 1.54) is 21.8 Å². The third-order valence-electron chi connectivity index (χ3n) is 7.73. The summed E-state index contributed by atoms with van der Waals surface area (Å²) in [5, 5.41) is 24.3. The number of benzene rings is 3. The Morgan fingerprint density at radius 2 is 1.16 bits per heavy atom. The normalized spacial score (nSPS) is 18.6. The van der Waals surface area contributed by atoms with Gasteiger partial charge in [0.15, 0.2) is 0 Å². The van der Waals surface area contributed by atoms with Crippen molar-refractivity contribution in [1.29, 1.82) is 0 Å². The van der Waals surface area contributed by atoms with Crippen LogP contribution in [0.3, 0.4) is 0 Å². The lowest BCUT2D eigenvalue weighted by Gasteiger charge is -2.38. The Hall–Kier alpha value is -3.10. The number of aliphatic hydroxyl groups excluding tert-OH is 2. The predicted molar refractivity (Wildman–Crippen MR) is 148 cm³/mol. The van der Waals surface area contributed by atoms with Gasteiger partial charge in [0.05, 0.1) is 31.0 Å². The van der Waals surface area contributed by atoms with Crippen molar-refractivity contribution in [3.8, 4) is 5.75 Å². The lowest BCUT2D eigenvalue weighted by molar-refractivity contribution is 0.0460. The first-order valence-electron chi connectivity index (χ1n) is 13.4. The molecule has 2 aliphatic rings. The number of hydrogen-bond donors (Lipinski definition) is 2. The van der Waals surface area contributed by atoms with Crippen molar-refractivity contribution in [3.63, 3.8) is 0 Å².